The fourth-order valence-electron chi connectivity index (χ4n) is 3.07. The zero-order chi connectivity index (χ0) is 15.5. The molecule has 2 saturated heterocycles. The summed E-state index contributed by atoms with van der Waals surface area (Å²) >= 11 is 0. The molecule has 0 saturated carbocycles. The molecule has 2 aliphatic rings. The first-order valence-corrected chi connectivity index (χ1v) is 7.91. The van der Waals surface area contributed by atoms with E-state index in [4.69, 9.17) is 4.74 Å². The van der Waals surface area contributed by atoms with Crippen LogP contribution in [0.2, 0.25) is 0 Å². The van der Waals surface area contributed by atoms with Crippen LogP contribution in [0.4, 0.5) is 0 Å². The zero-order valence-corrected chi connectivity index (χ0v) is 13.0. The van der Waals surface area contributed by atoms with Gasteiger partial charge in [-0.3, -0.25) is 9.59 Å². The highest BCUT2D eigenvalue weighted by atomic mass is 16.5. The van der Waals surface area contributed by atoms with Gasteiger partial charge in [-0.15, -0.1) is 0 Å². The topological polar surface area (TPSA) is 49.9 Å². The number of benzene rings is 1. The predicted octanol–water partition coefficient (Wildman–Crippen LogP) is 1.46. The average molecular weight is 302 g/mol. The van der Waals surface area contributed by atoms with E-state index in [0.717, 1.165) is 24.0 Å². The molecule has 0 unspecified atom stereocenters. The normalized spacial score (nSPS) is 22.0. The van der Waals surface area contributed by atoms with Crippen molar-refractivity contribution in [1.29, 1.82) is 0 Å². The van der Waals surface area contributed by atoms with Gasteiger partial charge in [0.1, 0.15) is 6.10 Å². The van der Waals surface area contributed by atoms with Gasteiger partial charge in [0.15, 0.2) is 0 Å². The minimum Gasteiger partial charge on any atom is -0.368 e. The van der Waals surface area contributed by atoms with Crippen LogP contribution in [0.15, 0.2) is 24.3 Å². The molecule has 2 heterocycles. The molecule has 2 fully saturated rings. The first kappa shape index (κ1) is 15.0. The molecule has 5 nitrogen and oxygen atoms in total. The van der Waals surface area contributed by atoms with E-state index in [-0.39, 0.29) is 17.9 Å². The summed E-state index contributed by atoms with van der Waals surface area (Å²) in [5.41, 5.74) is 1.80. The quantitative estimate of drug-likeness (QED) is 0.831. The molecule has 5 heteroatoms. The standard InChI is InChI=1S/C17H22N2O3/c1-13-4-2-5-14(12-13)16(20)18-7-9-19(10-8-18)17(21)15-6-3-11-22-15/h2,4-5,12,15H,3,6-11H2,1H3/t15-/m0/s1. The van der Waals surface area contributed by atoms with Crippen LogP contribution in [0.1, 0.15) is 28.8 Å². The Bertz CT molecular complexity index is 559. The Hall–Kier alpha value is -1.88. The lowest BCUT2D eigenvalue weighted by molar-refractivity contribution is -0.142. The summed E-state index contributed by atoms with van der Waals surface area (Å²) in [6, 6.07) is 7.64. The fraction of sp³-hybridized carbons (Fsp3) is 0.529. The van der Waals surface area contributed by atoms with Gasteiger partial charge in [-0.1, -0.05) is 17.7 Å². The van der Waals surface area contributed by atoms with Crippen molar-refractivity contribution in [1.82, 2.24) is 9.80 Å². The summed E-state index contributed by atoms with van der Waals surface area (Å²) in [5.74, 6) is 0.132. The summed E-state index contributed by atoms with van der Waals surface area (Å²) in [4.78, 5) is 28.4. The number of carbonyl (C=O) groups is 2. The van der Waals surface area contributed by atoms with E-state index < -0.39 is 0 Å². The van der Waals surface area contributed by atoms with E-state index in [1.807, 2.05) is 41.0 Å². The lowest BCUT2D eigenvalue weighted by Crippen LogP contribution is -2.52. The Morgan fingerprint density at radius 3 is 2.50 bits per heavy atom. The molecule has 0 spiro atoms. The number of hydrogen-bond donors (Lipinski definition) is 0. The van der Waals surface area contributed by atoms with Crippen LogP contribution in [0.3, 0.4) is 0 Å². The molecule has 3 rings (SSSR count). The van der Waals surface area contributed by atoms with E-state index in [1.54, 1.807) is 0 Å². The number of amides is 2. The average Bonchev–Trinajstić information content (AvgIpc) is 3.08. The highest BCUT2D eigenvalue weighted by molar-refractivity contribution is 5.94. The Morgan fingerprint density at radius 1 is 1.14 bits per heavy atom. The molecule has 22 heavy (non-hydrogen) atoms. The molecule has 0 aromatic heterocycles. The van der Waals surface area contributed by atoms with Gasteiger partial charge in [0.05, 0.1) is 0 Å². The summed E-state index contributed by atoms with van der Waals surface area (Å²) in [5, 5.41) is 0. The monoisotopic (exact) mass is 302 g/mol. The number of rotatable bonds is 2. The SMILES string of the molecule is Cc1cccc(C(=O)N2CCN(C(=O)[C@@H]3CCCO3)CC2)c1. The van der Waals surface area contributed by atoms with Crippen molar-refractivity contribution in [2.75, 3.05) is 32.8 Å². The first-order chi connectivity index (χ1) is 10.6. The van der Waals surface area contributed by atoms with Crippen molar-refractivity contribution in [3.63, 3.8) is 0 Å². The van der Waals surface area contributed by atoms with Crippen LogP contribution in [0.5, 0.6) is 0 Å². The molecule has 0 aliphatic carbocycles. The molecular formula is C17H22N2O3. The van der Waals surface area contributed by atoms with Gasteiger partial charge in [-0.25, -0.2) is 0 Å². The lowest BCUT2D eigenvalue weighted by Gasteiger charge is -2.35. The number of hydrogen-bond acceptors (Lipinski definition) is 3. The lowest BCUT2D eigenvalue weighted by atomic mass is 10.1. The van der Waals surface area contributed by atoms with Crippen LogP contribution >= 0.6 is 0 Å². The summed E-state index contributed by atoms with van der Waals surface area (Å²) in [6.45, 7) is 5.03. The molecule has 0 radical (unpaired) electrons. The number of carbonyl (C=O) groups excluding carboxylic acids is 2. The highest BCUT2D eigenvalue weighted by Crippen LogP contribution is 2.17. The van der Waals surface area contributed by atoms with Crippen molar-refractivity contribution < 1.29 is 14.3 Å². The largest absolute Gasteiger partial charge is 0.368 e. The molecule has 1 aromatic carbocycles. The van der Waals surface area contributed by atoms with Gasteiger partial charge in [0.25, 0.3) is 11.8 Å². The van der Waals surface area contributed by atoms with E-state index in [9.17, 15) is 9.59 Å². The van der Waals surface area contributed by atoms with Gasteiger partial charge in [0.2, 0.25) is 0 Å². The van der Waals surface area contributed by atoms with Crippen LogP contribution < -0.4 is 0 Å². The Balaban J connectivity index is 1.57. The van der Waals surface area contributed by atoms with Crippen LogP contribution in [0.25, 0.3) is 0 Å². The summed E-state index contributed by atoms with van der Waals surface area (Å²) in [6.07, 6.45) is 1.52. The third-order valence-corrected chi connectivity index (χ3v) is 4.35. The number of ether oxygens (including phenoxy) is 1. The van der Waals surface area contributed by atoms with E-state index in [0.29, 0.717) is 32.8 Å². The summed E-state index contributed by atoms with van der Waals surface area (Å²) < 4.78 is 5.45. The number of nitrogens with zero attached hydrogens (tertiary/aromatic N) is 2. The van der Waals surface area contributed by atoms with Gasteiger partial charge in [-0.2, -0.15) is 0 Å². The zero-order valence-electron chi connectivity index (χ0n) is 13.0. The van der Waals surface area contributed by atoms with Gasteiger partial charge in [0, 0.05) is 38.3 Å². The Labute approximate surface area is 130 Å². The maximum Gasteiger partial charge on any atom is 0.253 e. The highest BCUT2D eigenvalue weighted by Gasteiger charge is 2.31. The van der Waals surface area contributed by atoms with Crippen molar-refractivity contribution in [2.45, 2.75) is 25.9 Å². The number of piperazine rings is 1. The Kier molecular flexibility index (Phi) is 4.43. The molecular weight excluding hydrogens is 280 g/mol. The van der Waals surface area contributed by atoms with Crippen LogP contribution in [-0.2, 0) is 9.53 Å². The molecule has 0 N–H and O–H groups in total. The molecule has 0 bridgehead atoms. The van der Waals surface area contributed by atoms with Crippen LogP contribution in [-0.4, -0.2) is 60.5 Å². The van der Waals surface area contributed by atoms with Crippen molar-refractivity contribution in [3.05, 3.63) is 35.4 Å². The Morgan fingerprint density at radius 2 is 1.86 bits per heavy atom. The predicted molar refractivity (Wildman–Crippen MR) is 82.6 cm³/mol. The maximum atomic E-state index is 12.5. The van der Waals surface area contributed by atoms with E-state index in [1.165, 1.54) is 0 Å². The maximum absolute atomic E-state index is 12.5. The summed E-state index contributed by atoms with van der Waals surface area (Å²) in [7, 11) is 0. The number of aryl methyl sites for hydroxylation is 1. The van der Waals surface area contributed by atoms with E-state index in [2.05, 4.69) is 0 Å². The second-order valence-electron chi connectivity index (χ2n) is 5.99. The third kappa shape index (κ3) is 3.14. The molecule has 1 atom stereocenters. The second kappa shape index (κ2) is 6.48. The van der Waals surface area contributed by atoms with Crippen molar-refractivity contribution in [2.24, 2.45) is 0 Å². The van der Waals surface area contributed by atoms with Crippen LogP contribution in [0, 0.1) is 6.92 Å². The van der Waals surface area contributed by atoms with Crippen molar-refractivity contribution in [3.8, 4) is 0 Å². The molecule has 118 valence electrons. The molecule has 2 aliphatic heterocycles. The molecule has 1 aromatic rings. The molecule has 2 amide bonds. The second-order valence-corrected chi connectivity index (χ2v) is 5.99. The van der Waals surface area contributed by atoms with Gasteiger partial charge < -0.3 is 14.5 Å². The fourth-order valence-corrected chi connectivity index (χ4v) is 3.07. The minimum absolute atomic E-state index is 0.0490. The van der Waals surface area contributed by atoms with Gasteiger partial charge >= 0.3 is 0 Å². The minimum atomic E-state index is -0.265. The smallest absolute Gasteiger partial charge is 0.253 e. The third-order valence-electron chi connectivity index (χ3n) is 4.35. The first-order valence-electron chi connectivity index (χ1n) is 7.91. The van der Waals surface area contributed by atoms with E-state index >= 15 is 0 Å². The van der Waals surface area contributed by atoms with Crippen molar-refractivity contribution >= 4 is 11.8 Å². The van der Waals surface area contributed by atoms with Gasteiger partial charge in [-0.05, 0) is 31.9 Å².